The van der Waals surface area contributed by atoms with E-state index in [-0.39, 0.29) is 11.3 Å². The van der Waals surface area contributed by atoms with Crippen molar-refractivity contribution in [1.29, 1.82) is 0 Å². The lowest BCUT2D eigenvalue weighted by Gasteiger charge is -2.30. The van der Waals surface area contributed by atoms with Crippen LogP contribution in [0.25, 0.3) is 16.7 Å². The predicted molar refractivity (Wildman–Crippen MR) is 145 cm³/mol. The van der Waals surface area contributed by atoms with E-state index in [1.165, 1.54) is 10.8 Å². The Labute approximate surface area is 219 Å². The number of H-pyrrole nitrogens is 1. The molecular formula is C25H25BrN6O5. The second-order valence-corrected chi connectivity index (χ2v) is 9.77. The van der Waals surface area contributed by atoms with Crippen molar-refractivity contribution in [2.75, 3.05) is 31.2 Å². The number of morpholine rings is 1. The Morgan fingerprint density at radius 2 is 1.70 bits per heavy atom. The molecule has 0 amide bonds. The van der Waals surface area contributed by atoms with Crippen LogP contribution >= 0.6 is 15.9 Å². The lowest BCUT2D eigenvalue weighted by molar-refractivity contribution is 0.123. The molecule has 2 N–H and O–H groups in total. The van der Waals surface area contributed by atoms with Gasteiger partial charge in [0, 0.05) is 37.9 Å². The van der Waals surface area contributed by atoms with Crippen LogP contribution in [-0.2, 0) is 18.8 Å². The van der Waals surface area contributed by atoms with Crippen LogP contribution in [0.3, 0.4) is 0 Å². The number of imidazole rings is 1. The molecule has 0 saturated carbocycles. The maximum atomic E-state index is 12.7. The lowest BCUT2D eigenvalue weighted by atomic mass is 10.2. The molecule has 0 unspecified atom stereocenters. The SMILES string of the molecule is Cc1cc(Br)ccc1-n1c(O)c(C=Nc2cc3c(cc2N2CCOCC2)n(C)c(=O)n3C)c(=O)[nH]c1=O. The van der Waals surface area contributed by atoms with Crippen molar-refractivity contribution in [1.82, 2.24) is 18.7 Å². The number of hydrogen-bond acceptors (Lipinski definition) is 7. The van der Waals surface area contributed by atoms with E-state index >= 15 is 0 Å². The second kappa shape index (κ2) is 9.52. The highest BCUT2D eigenvalue weighted by Gasteiger charge is 2.20. The monoisotopic (exact) mass is 568 g/mol. The van der Waals surface area contributed by atoms with Crippen molar-refractivity contribution in [2.45, 2.75) is 6.92 Å². The van der Waals surface area contributed by atoms with Crippen molar-refractivity contribution in [2.24, 2.45) is 19.1 Å². The van der Waals surface area contributed by atoms with Gasteiger partial charge in [-0.05, 0) is 42.8 Å². The molecule has 2 aromatic heterocycles. The quantitative estimate of drug-likeness (QED) is 0.363. The summed E-state index contributed by atoms with van der Waals surface area (Å²) in [5, 5.41) is 11.0. The van der Waals surface area contributed by atoms with E-state index in [1.807, 2.05) is 6.07 Å². The maximum Gasteiger partial charge on any atom is 0.335 e. The number of nitrogens with one attached hydrogen (secondary N) is 1. The Morgan fingerprint density at radius 3 is 2.38 bits per heavy atom. The summed E-state index contributed by atoms with van der Waals surface area (Å²) in [6.07, 6.45) is 1.24. The van der Waals surface area contributed by atoms with Gasteiger partial charge in [-0.1, -0.05) is 15.9 Å². The Bertz CT molecular complexity index is 1740. The third-order valence-corrected chi connectivity index (χ3v) is 7.07. The number of nitrogens with zero attached hydrogens (tertiary/aromatic N) is 5. The summed E-state index contributed by atoms with van der Waals surface area (Å²) < 4.78 is 10.4. The Morgan fingerprint density at radius 1 is 1.03 bits per heavy atom. The van der Waals surface area contributed by atoms with Gasteiger partial charge in [0.2, 0.25) is 5.88 Å². The van der Waals surface area contributed by atoms with Crippen molar-refractivity contribution in [3.8, 4) is 11.6 Å². The zero-order valence-corrected chi connectivity index (χ0v) is 22.1. The van der Waals surface area contributed by atoms with Crippen molar-refractivity contribution < 1.29 is 9.84 Å². The Kier molecular flexibility index (Phi) is 6.38. The molecular weight excluding hydrogens is 544 g/mol. The average molecular weight is 569 g/mol. The molecule has 2 aromatic carbocycles. The van der Waals surface area contributed by atoms with Crippen LogP contribution in [0.4, 0.5) is 11.4 Å². The molecule has 0 bridgehead atoms. The van der Waals surface area contributed by atoms with Gasteiger partial charge in [-0.2, -0.15) is 0 Å². The molecule has 1 fully saturated rings. The van der Waals surface area contributed by atoms with Gasteiger partial charge >= 0.3 is 11.4 Å². The topological polar surface area (TPSA) is 127 Å². The van der Waals surface area contributed by atoms with E-state index in [0.717, 1.165) is 20.2 Å². The molecule has 3 heterocycles. The summed E-state index contributed by atoms with van der Waals surface area (Å²) in [6, 6.07) is 8.87. The number of anilines is 1. The molecule has 4 aromatic rings. The van der Waals surface area contributed by atoms with E-state index in [4.69, 9.17) is 4.74 Å². The Hall–Kier alpha value is -3.90. The van der Waals surface area contributed by atoms with Crippen LogP contribution in [0, 0.1) is 6.92 Å². The van der Waals surface area contributed by atoms with Crippen LogP contribution in [-0.4, -0.2) is 56.3 Å². The zero-order chi connectivity index (χ0) is 26.4. The molecule has 5 rings (SSSR count). The highest BCUT2D eigenvalue weighted by atomic mass is 79.9. The highest BCUT2D eigenvalue weighted by molar-refractivity contribution is 9.10. The number of hydrogen-bond donors (Lipinski definition) is 2. The van der Waals surface area contributed by atoms with Crippen molar-refractivity contribution in [3.63, 3.8) is 0 Å². The third-order valence-electron chi connectivity index (χ3n) is 6.57. The number of ether oxygens (including phenoxy) is 1. The van der Waals surface area contributed by atoms with Gasteiger partial charge in [0.15, 0.2) is 0 Å². The number of aromatic nitrogens is 4. The largest absolute Gasteiger partial charge is 0.493 e. The minimum atomic E-state index is -0.765. The Balaban J connectivity index is 1.68. The van der Waals surface area contributed by atoms with Gasteiger partial charge in [0.1, 0.15) is 5.56 Å². The smallest absolute Gasteiger partial charge is 0.335 e. The van der Waals surface area contributed by atoms with Crippen LogP contribution in [0.2, 0.25) is 0 Å². The fourth-order valence-electron chi connectivity index (χ4n) is 4.57. The van der Waals surface area contributed by atoms with Crippen LogP contribution in [0.5, 0.6) is 5.88 Å². The summed E-state index contributed by atoms with van der Waals surface area (Å²) in [5.74, 6) is -0.524. The van der Waals surface area contributed by atoms with E-state index in [2.05, 4.69) is 30.8 Å². The first-order valence-electron chi connectivity index (χ1n) is 11.6. The van der Waals surface area contributed by atoms with Crippen LogP contribution in [0.1, 0.15) is 11.1 Å². The van der Waals surface area contributed by atoms with Crippen LogP contribution < -0.4 is 21.8 Å². The number of aromatic amines is 1. The predicted octanol–water partition coefficient (Wildman–Crippen LogP) is 2.08. The first-order chi connectivity index (χ1) is 17.7. The lowest BCUT2D eigenvalue weighted by Crippen LogP contribution is -2.36. The summed E-state index contributed by atoms with van der Waals surface area (Å²) in [5.41, 5.74) is 1.95. The van der Waals surface area contributed by atoms with Crippen molar-refractivity contribution in [3.05, 3.63) is 77.3 Å². The van der Waals surface area contributed by atoms with Gasteiger partial charge in [-0.25, -0.2) is 14.2 Å². The molecule has 11 nitrogen and oxygen atoms in total. The number of rotatable bonds is 4. The molecule has 0 radical (unpaired) electrons. The molecule has 12 heteroatoms. The number of benzene rings is 2. The van der Waals surface area contributed by atoms with Crippen LogP contribution in [0.15, 0.2) is 54.2 Å². The van der Waals surface area contributed by atoms with E-state index < -0.39 is 17.1 Å². The fraction of sp³-hybridized carbons (Fsp3) is 0.280. The standard InChI is InChI=1S/C25H25BrN6O5/c1-14-10-15(26)4-5-18(14)32-23(34)16(22(33)28-24(32)35)13-27-17-11-20-21(30(3)25(36)29(20)2)12-19(17)31-6-8-37-9-7-31/h4-5,10-13,34H,6-9H2,1-3H3,(H,28,33,35). The summed E-state index contributed by atoms with van der Waals surface area (Å²) in [6.45, 7) is 4.15. The van der Waals surface area contributed by atoms with Gasteiger partial charge < -0.3 is 14.7 Å². The minimum Gasteiger partial charge on any atom is -0.493 e. The average Bonchev–Trinajstić information content (AvgIpc) is 3.08. The van der Waals surface area contributed by atoms with Gasteiger partial charge in [-0.15, -0.1) is 0 Å². The van der Waals surface area contributed by atoms with Gasteiger partial charge in [0.05, 0.1) is 41.3 Å². The molecule has 192 valence electrons. The normalized spacial score (nSPS) is 14.2. The second-order valence-electron chi connectivity index (χ2n) is 8.85. The number of fused-ring (bicyclic) bond motifs is 1. The van der Waals surface area contributed by atoms with E-state index in [0.29, 0.717) is 48.8 Å². The van der Waals surface area contributed by atoms with Gasteiger partial charge in [-0.3, -0.25) is 23.9 Å². The molecule has 0 aliphatic carbocycles. The summed E-state index contributed by atoms with van der Waals surface area (Å²) >= 11 is 3.39. The first kappa shape index (κ1) is 24.8. The summed E-state index contributed by atoms with van der Waals surface area (Å²) in [4.78, 5) is 46.8. The summed E-state index contributed by atoms with van der Waals surface area (Å²) in [7, 11) is 3.39. The molecule has 1 saturated heterocycles. The first-order valence-corrected chi connectivity index (χ1v) is 12.4. The third kappa shape index (κ3) is 4.31. The van der Waals surface area contributed by atoms with E-state index in [1.54, 1.807) is 49.9 Å². The number of halogens is 1. The van der Waals surface area contributed by atoms with E-state index in [9.17, 15) is 19.5 Å². The number of aromatic hydroxyl groups is 1. The highest BCUT2D eigenvalue weighted by Crippen LogP contribution is 2.34. The molecule has 1 aliphatic rings. The number of aryl methyl sites for hydroxylation is 3. The minimum absolute atomic E-state index is 0.170. The molecule has 37 heavy (non-hydrogen) atoms. The maximum absolute atomic E-state index is 12.7. The molecule has 0 atom stereocenters. The number of aliphatic imine (C=N–C) groups is 1. The molecule has 0 spiro atoms. The zero-order valence-electron chi connectivity index (χ0n) is 20.5. The molecule has 1 aliphatic heterocycles. The van der Waals surface area contributed by atoms with Gasteiger partial charge in [0.25, 0.3) is 5.56 Å². The van der Waals surface area contributed by atoms with Crippen molar-refractivity contribution >= 4 is 44.6 Å². The fourth-order valence-corrected chi connectivity index (χ4v) is 5.04.